The fourth-order valence-corrected chi connectivity index (χ4v) is 1.39. The van der Waals surface area contributed by atoms with Gasteiger partial charge in [0, 0.05) is 6.54 Å². The third-order valence-corrected chi connectivity index (χ3v) is 2.05. The summed E-state index contributed by atoms with van der Waals surface area (Å²) in [5.74, 6) is -0.606. The van der Waals surface area contributed by atoms with Crippen molar-refractivity contribution in [3.8, 4) is 0 Å². The molecule has 0 spiro atoms. The molecule has 0 saturated carbocycles. The zero-order chi connectivity index (χ0) is 12.0. The number of carbonyl (C=O) groups is 1. The van der Waals surface area contributed by atoms with Gasteiger partial charge in [-0.1, -0.05) is 6.07 Å². The third-order valence-electron chi connectivity index (χ3n) is 2.05. The molecule has 0 fully saturated rings. The minimum absolute atomic E-state index is 0.173. The second-order valence-electron chi connectivity index (χ2n) is 3.33. The third kappa shape index (κ3) is 3.53. The Morgan fingerprint density at radius 3 is 2.81 bits per heavy atom. The summed E-state index contributed by atoms with van der Waals surface area (Å²) in [5, 5.41) is 2.89. The molecule has 1 N–H and O–H groups in total. The number of anilines is 1. The van der Waals surface area contributed by atoms with E-state index >= 15 is 0 Å². The zero-order valence-corrected chi connectivity index (χ0v) is 9.55. The summed E-state index contributed by atoms with van der Waals surface area (Å²) in [6.45, 7) is 4.64. The van der Waals surface area contributed by atoms with Crippen LogP contribution in [0.3, 0.4) is 0 Å². The van der Waals surface area contributed by atoms with Gasteiger partial charge in [0.05, 0.1) is 18.7 Å². The predicted octanol–water partition coefficient (Wildman–Crippen LogP) is 2.36. The van der Waals surface area contributed by atoms with E-state index in [1.54, 1.807) is 19.1 Å². The SMILES string of the molecule is CCNc1cc(CC(=O)OCC)ccc1F. The van der Waals surface area contributed by atoms with Crippen molar-refractivity contribution in [2.24, 2.45) is 0 Å². The first-order chi connectivity index (χ1) is 7.67. The van der Waals surface area contributed by atoms with Gasteiger partial charge in [0.15, 0.2) is 0 Å². The molecule has 0 aromatic heterocycles. The Bertz CT molecular complexity index is 366. The van der Waals surface area contributed by atoms with Gasteiger partial charge in [-0.3, -0.25) is 4.79 Å². The summed E-state index contributed by atoms with van der Waals surface area (Å²) in [6.07, 6.45) is 0.173. The lowest BCUT2D eigenvalue weighted by Crippen LogP contribution is -2.08. The lowest BCUT2D eigenvalue weighted by atomic mass is 10.1. The van der Waals surface area contributed by atoms with E-state index in [0.29, 0.717) is 18.8 Å². The fraction of sp³-hybridized carbons (Fsp3) is 0.417. The Balaban J connectivity index is 2.74. The highest BCUT2D eigenvalue weighted by Crippen LogP contribution is 2.16. The molecular weight excluding hydrogens is 209 g/mol. The smallest absolute Gasteiger partial charge is 0.310 e. The van der Waals surface area contributed by atoms with E-state index in [0.717, 1.165) is 5.56 Å². The molecule has 0 aliphatic carbocycles. The fourth-order valence-electron chi connectivity index (χ4n) is 1.39. The molecule has 1 rings (SSSR count). The first-order valence-electron chi connectivity index (χ1n) is 5.35. The average Bonchev–Trinajstić information content (AvgIpc) is 2.24. The maximum atomic E-state index is 13.3. The van der Waals surface area contributed by atoms with Crippen LogP contribution in [0.1, 0.15) is 19.4 Å². The molecule has 0 unspecified atom stereocenters. The van der Waals surface area contributed by atoms with Gasteiger partial charge in [-0.15, -0.1) is 0 Å². The number of hydrogen-bond donors (Lipinski definition) is 1. The molecule has 1 aromatic carbocycles. The number of ether oxygens (including phenoxy) is 1. The van der Waals surface area contributed by atoms with E-state index < -0.39 is 0 Å². The van der Waals surface area contributed by atoms with Crippen molar-refractivity contribution < 1.29 is 13.9 Å². The van der Waals surface area contributed by atoms with Crippen LogP contribution in [-0.4, -0.2) is 19.1 Å². The maximum Gasteiger partial charge on any atom is 0.310 e. The molecule has 0 amide bonds. The molecule has 4 heteroatoms. The van der Waals surface area contributed by atoms with Crippen molar-refractivity contribution in [3.63, 3.8) is 0 Å². The Morgan fingerprint density at radius 2 is 2.19 bits per heavy atom. The number of esters is 1. The molecular formula is C12H16FNO2. The summed E-state index contributed by atoms with van der Waals surface area (Å²) in [6, 6.07) is 4.58. The highest BCUT2D eigenvalue weighted by molar-refractivity contribution is 5.73. The minimum atomic E-state index is -0.311. The van der Waals surface area contributed by atoms with Crippen molar-refractivity contribution in [1.82, 2.24) is 0 Å². The number of hydrogen-bond acceptors (Lipinski definition) is 3. The number of nitrogens with one attached hydrogen (secondary N) is 1. The van der Waals surface area contributed by atoms with E-state index in [2.05, 4.69) is 5.32 Å². The maximum absolute atomic E-state index is 13.3. The van der Waals surface area contributed by atoms with Gasteiger partial charge in [-0.05, 0) is 31.5 Å². The van der Waals surface area contributed by atoms with E-state index in [1.807, 2.05) is 6.92 Å². The lowest BCUT2D eigenvalue weighted by Gasteiger charge is -2.07. The number of rotatable bonds is 5. The molecule has 0 aliphatic rings. The zero-order valence-electron chi connectivity index (χ0n) is 9.55. The second-order valence-corrected chi connectivity index (χ2v) is 3.33. The van der Waals surface area contributed by atoms with Crippen molar-refractivity contribution in [3.05, 3.63) is 29.6 Å². The van der Waals surface area contributed by atoms with Crippen LogP contribution in [-0.2, 0) is 16.0 Å². The Hall–Kier alpha value is -1.58. The van der Waals surface area contributed by atoms with Gasteiger partial charge < -0.3 is 10.1 Å². The molecule has 0 atom stereocenters. The summed E-state index contributed by atoms with van der Waals surface area (Å²) in [4.78, 5) is 11.2. The number of carbonyl (C=O) groups excluding carboxylic acids is 1. The van der Waals surface area contributed by atoms with Crippen LogP contribution in [0.4, 0.5) is 10.1 Å². The highest BCUT2D eigenvalue weighted by atomic mass is 19.1. The summed E-state index contributed by atoms with van der Waals surface area (Å²) < 4.78 is 18.1. The first kappa shape index (κ1) is 12.5. The highest BCUT2D eigenvalue weighted by Gasteiger charge is 2.07. The van der Waals surface area contributed by atoms with Crippen LogP contribution < -0.4 is 5.32 Å². The molecule has 16 heavy (non-hydrogen) atoms. The predicted molar refractivity (Wildman–Crippen MR) is 60.9 cm³/mol. The van der Waals surface area contributed by atoms with Crippen LogP contribution >= 0.6 is 0 Å². The van der Waals surface area contributed by atoms with E-state index in [1.165, 1.54) is 6.07 Å². The van der Waals surface area contributed by atoms with Gasteiger partial charge in [0.25, 0.3) is 0 Å². The summed E-state index contributed by atoms with van der Waals surface area (Å²) in [5.41, 5.74) is 1.17. The molecule has 0 bridgehead atoms. The number of halogens is 1. The van der Waals surface area contributed by atoms with Crippen molar-refractivity contribution in [2.45, 2.75) is 20.3 Å². The number of benzene rings is 1. The second kappa shape index (κ2) is 6.10. The van der Waals surface area contributed by atoms with Crippen molar-refractivity contribution in [2.75, 3.05) is 18.5 Å². The van der Waals surface area contributed by atoms with Crippen molar-refractivity contribution in [1.29, 1.82) is 0 Å². The van der Waals surface area contributed by atoms with E-state index in [-0.39, 0.29) is 18.2 Å². The summed E-state index contributed by atoms with van der Waals surface area (Å²) >= 11 is 0. The lowest BCUT2D eigenvalue weighted by molar-refractivity contribution is -0.142. The van der Waals surface area contributed by atoms with Crippen LogP contribution in [0.2, 0.25) is 0 Å². The quantitative estimate of drug-likeness (QED) is 0.782. The van der Waals surface area contributed by atoms with Crippen LogP contribution in [0.25, 0.3) is 0 Å². The Morgan fingerprint density at radius 1 is 1.44 bits per heavy atom. The minimum Gasteiger partial charge on any atom is -0.466 e. The van der Waals surface area contributed by atoms with Gasteiger partial charge in [-0.25, -0.2) is 4.39 Å². The monoisotopic (exact) mass is 225 g/mol. The average molecular weight is 225 g/mol. The largest absolute Gasteiger partial charge is 0.466 e. The molecule has 0 heterocycles. The van der Waals surface area contributed by atoms with E-state index in [4.69, 9.17) is 4.74 Å². The molecule has 1 aromatic rings. The normalized spacial score (nSPS) is 9.94. The van der Waals surface area contributed by atoms with Gasteiger partial charge in [-0.2, -0.15) is 0 Å². The van der Waals surface area contributed by atoms with Gasteiger partial charge in [0.1, 0.15) is 5.82 Å². The standard InChI is InChI=1S/C12H16FNO2/c1-3-14-11-7-9(5-6-10(11)13)8-12(15)16-4-2/h5-7,14H,3-4,8H2,1-2H3. The van der Waals surface area contributed by atoms with Crippen molar-refractivity contribution >= 4 is 11.7 Å². The van der Waals surface area contributed by atoms with Crippen LogP contribution in [0, 0.1) is 5.82 Å². The van der Waals surface area contributed by atoms with Gasteiger partial charge >= 0.3 is 5.97 Å². The topological polar surface area (TPSA) is 38.3 Å². The van der Waals surface area contributed by atoms with E-state index in [9.17, 15) is 9.18 Å². The Labute approximate surface area is 94.6 Å². The molecule has 0 aliphatic heterocycles. The molecule has 0 radical (unpaired) electrons. The van der Waals surface area contributed by atoms with Crippen LogP contribution in [0.15, 0.2) is 18.2 Å². The first-order valence-corrected chi connectivity index (χ1v) is 5.35. The molecule has 88 valence electrons. The molecule has 0 saturated heterocycles. The van der Waals surface area contributed by atoms with Gasteiger partial charge in [0.2, 0.25) is 0 Å². The Kier molecular flexibility index (Phi) is 4.76. The summed E-state index contributed by atoms with van der Waals surface area (Å²) in [7, 11) is 0. The molecule has 3 nitrogen and oxygen atoms in total. The van der Waals surface area contributed by atoms with Crippen LogP contribution in [0.5, 0.6) is 0 Å².